The standard InChI is InChI=1S/C15H22N2O2/c1-11(2)16(3)8-7-12-5-6-14-13(9-12)17(4)15(18)10-19-14/h5-6,9,11H,7-8,10H2,1-4H3. The molecule has 4 heteroatoms. The first-order valence-corrected chi connectivity index (χ1v) is 6.71. The summed E-state index contributed by atoms with van der Waals surface area (Å²) in [5.74, 6) is 0.798. The molecule has 1 aromatic rings. The Hall–Kier alpha value is -1.55. The third kappa shape index (κ3) is 3.07. The van der Waals surface area contributed by atoms with Gasteiger partial charge in [-0.2, -0.15) is 0 Å². The first kappa shape index (κ1) is 13.9. The van der Waals surface area contributed by atoms with Crippen LogP contribution in [-0.4, -0.2) is 44.1 Å². The Morgan fingerprint density at radius 3 is 2.84 bits per heavy atom. The molecule has 0 saturated heterocycles. The van der Waals surface area contributed by atoms with E-state index in [-0.39, 0.29) is 12.5 Å². The third-order valence-corrected chi connectivity index (χ3v) is 3.74. The van der Waals surface area contributed by atoms with Gasteiger partial charge in [0.15, 0.2) is 6.61 Å². The zero-order valence-corrected chi connectivity index (χ0v) is 12.1. The molecule has 0 atom stereocenters. The van der Waals surface area contributed by atoms with Crippen molar-refractivity contribution in [2.24, 2.45) is 0 Å². The number of carbonyl (C=O) groups is 1. The summed E-state index contributed by atoms with van der Waals surface area (Å²) in [7, 11) is 3.93. The Morgan fingerprint density at radius 2 is 2.16 bits per heavy atom. The highest BCUT2D eigenvalue weighted by molar-refractivity contribution is 5.97. The molecule has 19 heavy (non-hydrogen) atoms. The predicted octanol–water partition coefficient (Wildman–Crippen LogP) is 1.92. The van der Waals surface area contributed by atoms with Gasteiger partial charge in [-0.3, -0.25) is 4.79 Å². The van der Waals surface area contributed by atoms with Crippen LogP contribution in [0.15, 0.2) is 18.2 Å². The van der Waals surface area contributed by atoms with Crippen LogP contribution in [0.2, 0.25) is 0 Å². The summed E-state index contributed by atoms with van der Waals surface area (Å²) >= 11 is 0. The summed E-state index contributed by atoms with van der Waals surface area (Å²) in [4.78, 5) is 15.6. The zero-order valence-electron chi connectivity index (χ0n) is 12.1. The van der Waals surface area contributed by atoms with Gasteiger partial charge in [-0.05, 0) is 45.0 Å². The third-order valence-electron chi connectivity index (χ3n) is 3.74. The van der Waals surface area contributed by atoms with Crippen LogP contribution in [0.4, 0.5) is 5.69 Å². The summed E-state index contributed by atoms with van der Waals surface area (Å²) in [6.07, 6.45) is 0.976. The Morgan fingerprint density at radius 1 is 1.42 bits per heavy atom. The minimum atomic E-state index is 0.00366. The SMILES string of the molecule is CC(C)N(C)CCc1ccc2c(c1)N(C)C(=O)CO2. The number of anilines is 1. The molecule has 0 aliphatic carbocycles. The van der Waals surface area contributed by atoms with E-state index in [1.807, 2.05) is 6.07 Å². The van der Waals surface area contributed by atoms with E-state index in [0.29, 0.717) is 6.04 Å². The van der Waals surface area contributed by atoms with Crippen LogP contribution < -0.4 is 9.64 Å². The van der Waals surface area contributed by atoms with Gasteiger partial charge in [-0.15, -0.1) is 0 Å². The van der Waals surface area contributed by atoms with Gasteiger partial charge in [-0.25, -0.2) is 0 Å². The molecule has 2 rings (SSSR count). The summed E-state index contributed by atoms with van der Waals surface area (Å²) in [6, 6.07) is 6.64. The van der Waals surface area contributed by atoms with Gasteiger partial charge in [0.25, 0.3) is 5.91 Å². The number of hydrogen-bond acceptors (Lipinski definition) is 3. The maximum Gasteiger partial charge on any atom is 0.264 e. The van der Waals surface area contributed by atoms with E-state index in [1.165, 1.54) is 5.56 Å². The molecule has 0 unspecified atom stereocenters. The summed E-state index contributed by atoms with van der Waals surface area (Å²) in [5.41, 5.74) is 2.11. The fourth-order valence-corrected chi connectivity index (χ4v) is 2.04. The van der Waals surface area contributed by atoms with E-state index in [0.717, 1.165) is 24.4 Å². The van der Waals surface area contributed by atoms with E-state index in [2.05, 4.69) is 37.9 Å². The number of rotatable bonds is 4. The number of carbonyl (C=O) groups excluding carboxylic acids is 1. The van der Waals surface area contributed by atoms with E-state index in [4.69, 9.17) is 4.74 Å². The number of hydrogen-bond donors (Lipinski definition) is 0. The number of benzene rings is 1. The fourth-order valence-electron chi connectivity index (χ4n) is 2.04. The van der Waals surface area contributed by atoms with Crippen molar-refractivity contribution >= 4 is 11.6 Å². The van der Waals surface area contributed by atoms with Gasteiger partial charge < -0.3 is 14.5 Å². The van der Waals surface area contributed by atoms with Crippen molar-refractivity contribution in [3.8, 4) is 5.75 Å². The van der Waals surface area contributed by atoms with Gasteiger partial charge in [0.2, 0.25) is 0 Å². The lowest BCUT2D eigenvalue weighted by atomic mass is 10.1. The van der Waals surface area contributed by atoms with Crippen molar-refractivity contribution in [1.29, 1.82) is 0 Å². The highest BCUT2D eigenvalue weighted by Crippen LogP contribution is 2.32. The molecule has 1 aromatic carbocycles. The monoisotopic (exact) mass is 262 g/mol. The normalized spacial score (nSPS) is 14.8. The Balaban J connectivity index is 2.10. The molecule has 1 aliphatic heterocycles. The van der Waals surface area contributed by atoms with E-state index >= 15 is 0 Å². The van der Waals surface area contributed by atoms with Crippen LogP contribution in [-0.2, 0) is 11.2 Å². The predicted molar refractivity (Wildman–Crippen MR) is 76.8 cm³/mol. The first-order valence-electron chi connectivity index (χ1n) is 6.71. The minimum Gasteiger partial charge on any atom is -0.482 e. The molecule has 1 aliphatic rings. The number of ether oxygens (including phenoxy) is 1. The molecule has 0 spiro atoms. The molecule has 4 nitrogen and oxygen atoms in total. The maximum atomic E-state index is 11.6. The van der Waals surface area contributed by atoms with E-state index < -0.39 is 0 Å². The molecular formula is C15H22N2O2. The van der Waals surface area contributed by atoms with Crippen molar-refractivity contribution in [3.63, 3.8) is 0 Å². The van der Waals surface area contributed by atoms with Crippen molar-refractivity contribution < 1.29 is 9.53 Å². The minimum absolute atomic E-state index is 0.00366. The molecular weight excluding hydrogens is 240 g/mol. The molecule has 104 valence electrons. The van der Waals surface area contributed by atoms with Crippen LogP contribution in [0.5, 0.6) is 5.75 Å². The molecule has 1 amide bonds. The quantitative estimate of drug-likeness (QED) is 0.831. The lowest BCUT2D eigenvalue weighted by Gasteiger charge is -2.27. The van der Waals surface area contributed by atoms with Gasteiger partial charge in [0.05, 0.1) is 5.69 Å². The largest absolute Gasteiger partial charge is 0.482 e. The van der Waals surface area contributed by atoms with Crippen LogP contribution >= 0.6 is 0 Å². The van der Waals surface area contributed by atoms with Gasteiger partial charge in [0.1, 0.15) is 5.75 Å². The van der Waals surface area contributed by atoms with Crippen molar-refractivity contribution in [3.05, 3.63) is 23.8 Å². The molecule has 0 aromatic heterocycles. The number of nitrogens with zero attached hydrogens (tertiary/aromatic N) is 2. The fraction of sp³-hybridized carbons (Fsp3) is 0.533. The van der Waals surface area contributed by atoms with Crippen molar-refractivity contribution in [1.82, 2.24) is 4.90 Å². The average molecular weight is 262 g/mol. The summed E-state index contributed by atoms with van der Waals surface area (Å²) in [5, 5.41) is 0. The van der Waals surface area contributed by atoms with E-state index in [9.17, 15) is 4.79 Å². The molecule has 0 radical (unpaired) electrons. The molecule has 0 bridgehead atoms. The lowest BCUT2D eigenvalue weighted by molar-refractivity contribution is -0.120. The molecule has 0 saturated carbocycles. The van der Waals surface area contributed by atoms with Crippen molar-refractivity contribution in [2.75, 3.05) is 32.1 Å². The Labute approximate surface area is 115 Å². The lowest BCUT2D eigenvalue weighted by Crippen LogP contribution is -2.35. The topological polar surface area (TPSA) is 32.8 Å². The van der Waals surface area contributed by atoms with Crippen molar-refractivity contribution in [2.45, 2.75) is 26.3 Å². The molecule has 0 N–H and O–H groups in total. The van der Waals surface area contributed by atoms with Crippen LogP contribution in [0.1, 0.15) is 19.4 Å². The zero-order chi connectivity index (χ0) is 14.0. The highest BCUT2D eigenvalue weighted by atomic mass is 16.5. The summed E-state index contributed by atoms with van der Waals surface area (Å²) < 4.78 is 5.42. The van der Waals surface area contributed by atoms with Crippen LogP contribution in [0.25, 0.3) is 0 Å². The number of fused-ring (bicyclic) bond motifs is 1. The number of amides is 1. The Bertz CT molecular complexity index is 471. The molecule has 0 fully saturated rings. The number of likely N-dealkylation sites (N-methyl/N-ethyl adjacent to an activating group) is 2. The smallest absolute Gasteiger partial charge is 0.264 e. The maximum absolute atomic E-state index is 11.6. The second-order valence-corrected chi connectivity index (χ2v) is 5.37. The first-order chi connectivity index (χ1) is 8.99. The Kier molecular flexibility index (Phi) is 4.10. The summed E-state index contributed by atoms with van der Waals surface area (Å²) in [6.45, 7) is 5.52. The second kappa shape index (κ2) is 5.61. The molecule has 1 heterocycles. The van der Waals surface area contributed by atoms with Crippen LogP contribution in [0, 0.1) is 0 Å². The van der Waals surface area contributed by atoms with Crippen LogP contribution in [0.3, 0.4) is 0 Å². The van der Waals surface area contributed by atoms with E-state index in [1.54, 1.807) is 11.9 Å². The highest BCUT2D eigenvalue weighted by Gasteiger charge is 2.22. The second-order valence-electron chi connectivity index (χ2n) is 5.37. The van der Waals surface area contributed by atoms with Gasteiger partial charge in [0, 0.05) is 19.6 Å². The average Bonchev–Trinajstić information content (AvgIpc) is 2.40. The van der Waals surface area contributed by atoms with Gasteiger partial charge in [-0.1, -0.05) is 6.07 Å². The van der Waals surface area contributed by atoms with Gasteiger partial charge >= 0.3 is 0 Å².